The van der Waals surface area contributed by atoms with Gasteiger partial charge in [-0.15, -0.1) is 0 Å². The number of unbranched alkanes of at least 4 members (excludes halogenated alkanes) is 18. The van der Waals surface area contributed by atoms with Gasteiger partial charge in [-0.25, -0.2) is 0 Å². The van der Waals surface area contributed by atoms with Gasteiger partial charge in [0.05, 0.1) is 27.7 Å². The molecule has 0 saturated carbocycles. The monoisotopic (exact) mass is 770 g/mol. The summed E-state index contributed by atoms with van der Waals surface area (Å²) in [4.78, 5) is 37.4. The molecule has 0 spiro atoms. The van der Waals surface area contributed by atoms with Crippen molar-refractivity contribution in [1.82, 2.24) is 0 Å². The second-order valence-electron chi connectivity index (χ2n) is 15.3. The van der Waals surface area contributed by atoms with Gasteiger partial charge in [-0.05, 0) is 57.8 Å². The van der Waals surface area contributed by atoms with E-state index in [0.717, 1.165) is 44.9 Å². The summed E-state index contributed by atoms with van der Waals surface area (Å²) in [5.74, 6) is -0.923. The Hall–Kier alpha value is -1.77. The van der Waals surface area contributed by atoms with Gasteiger partial charge >= 0.3 is 11.9 Å². The first-order valence-electron chi connectivity index (χ1n) is 21.2. The molecule has 0 aliphatic carbocycles. The number of nitrogens with zero attached hydrogens (tertiary/aromatic N) is 1. The van der Waals surface area contributed by atoms with E-state index in [9.17, 15) is 19.0 Å². The zero-order valence-electron chi connectivity index (χ0n) is 34.7. The van der Waals surface area contributed by atoms with E-state index in [1.165, 1.54) is 89.9 Å². The lowest BCUT2D eigenvalue weighted by Gasteiger charge is -2.28. The maximum Gasteiger partial charge on any atom is 0.306 e. The van der Waals surface area contributed by atoms with Crippen LogP contribution in [0.25, 0.3) is 0 Å². The fourth-order valence-corrected chi connectivity index (χ4v) is 6.25. The van der Waals surface area contributed by atoms with Crippen molar-refractivity contribution in [2.24, 2.45) is 0 Å². The van der Waals surface area contributed by atoms with Crippen molar-refractivity contribution >= 4 is 19.8 Å². The maximum absolute atomic E-state index is 12.6. The van der Waals surface area contributed by atoms with Crippen molar-refractivity contribution in [1.29, 1.82) is 0 Å². The average Bonchev–Trinajstić information content (AvgIpc) is 3.10. The molecule has 310 valence electrons. The number of likely N-dealkylation sites (N-methyl/N-ethyl adjacent to an activating group) is 1. The number of rotatable bonds is 38. The largest absolute Gasteiger partial charge is 0.756 e. The average molecular weight is 770 g/mol. The van der Waals surface area contributed by atoms with Crippen LogP contribution in [0.1, 0.15) is 174 Å². The lowest BCUT2D eigenvalue weighted by molar-refractivity contribution is -0.870. The topological polar surface area (TPSA) is 111 Å². The van der Waals surface area contributed by atoms with Crippen LogP contribution in [0.4, 0.5) is 0 Å². The second-order valence-corrected chi connectivity index (χ2v) is 16.8. The van der Waals surface area contributed by atoms with Crippen LogP contribution in [-0.4, -0.2) is 70.0 Å². The van der Waals surface area contributed by atoms with E-state index in [-0.39, 0.29) is 26.1 Å². The molecule has 0 amide bonds. The predicted octanol–water partition coefficient (Wildman–Crippen LogP) is 11.1. The zero-order valence-corrected chi connectivity index (χ0v) is 35.6. The van der Waals surface area contributed by atoms with E-state index in [1.807, 2.05) is 33.3 Å². The molecule has 0 saturated heterocycles. The molecule has 0 aromatic carbocycles. The van der Waals surface area contributed by atoms with Gasteiger partial charge in [-0.1, -0.05) is 140 Å². The van der Waals surface area contributed by atoms with Gasteiger partial charge in [0.1, 0.15) is 19.8 Å². The fourth-order valence-electron chi connectivity index (χ4n) is 5.52. The Kier molecular flexibility index (Phi) is 34.7. The van der Waals surface area contributed by atoms with E-state index in [1.54, 1.807) is 0 Å². The minimum absolute atomic E-state index is 0.0414. The molecule has 0 fully saturated rings. The van der Waals surface area contributed by atoms with Crippen LogP contribution in [0, 0.1) is 0 Å². The van der Waals surface area contributed by atoms with Gasteiger partial charge in [0.15, 0.2) is 6.10 Å². The molecule has 0 aromatic rings. The number of carbonyl (C=O) groups excluding carboxylic acids is 2. The van der Waals surface area contributed by atoms with Gasteiger partial charge in [0.2, 0.25) is 0 Å². The molecule has 2 unspecified atom stereocenters. The Labute approximate surface area is 325 Å². The van der Waals surface area contributed by atoms with Crippen molar-refractivity contribution in [2.45, 2.75) is 180 Å². The first-order valence-corrected chi connectivity index (χ1v) is 22.7. The minimum Gasteiger partial charge on any atom is -0.756 e. The molecule has 0 bridgehead atoms. The first kappa shape index (κ1) is 51.2. The highest BCUT2D eigenvalue weighted by Gasteiger charge is 2.21. The minimum atomic E-state index is -4.64. The number of esters is 2. The van der Waals surface area contributed by atoms with E-state index < -0.39 is 32.5 Å². The lowest BCUT2D eigenvalue weighted by atomic mass is 10.1. The lowest BCUT2D eigenvalue weighted by Crippen LogP contribution is -2.37. The molecule has 2 atom stereocenters. The maximum atomic E-state index is 12.6. The van der Waals surface area contributed by atoms with Gasteiger partial charge in [-0.2, -0.15) is 0 Å². The Morgan fingerprint density at radius 3 is 1.58 bits per heavy atom. The Balaban J connectivity index is 4.45. The quantitative estimate of drug-likeness (QED) is 0.0201. The number of phosphoric ester groups is 1. The van der Waals surface area contributed by atoms with Crippen LogP contribution in [0.5, 0.6) is 0 Å². The van der Waals surface area contributed by atoms with Gasteiger partial charge in [-0.3, -0.25) is 14.2 Å². The summed E-state index contributed by atoms with van der Waals surface area (Å²) in [7, 11) is 1.13. The number of quaternary nitrogens is 1. The first-order chi connectivity index (χ1) is 25.5. The second kappa shape index (κ2) is 35.9. The third-order valence-corrected chi connectivity index (χ3v) is 9.86. The summed E-state index contributed by atoms with van der Waals surface area (Å²) in [5, 5.41) is 0. The van der Waals surface area contributed by atoms with Crippen molar-refractivity contribution in [3.8, 4) is 0 Å². The van der Waals surface area contributed by atoms with Gasteiger partial charge in [0, 0.05) is 12.8 Å². The van der Waals surface area contributed by atoms with E-state index in [0.29, 0.717) is 23.9 Å². The third-order valence-electron chi connectivity index (χ3n) is 8.90. The molecule has 0 heterocycles. The van der Waals surface area contributed by atoms with Crippen molar-refractivity contribution in [3.63, 3.8) is 0 Å². The molecule has 0 radical (unpaired) electrons. The highest BCUT2D eigenvalue weighted by atomic mass is 31.2. The number of carbonyl (C=O) groups is 2. The molecular formula is C43H80NO8P. The number of ether oxygens (including phenoxy) is 2. The standard InChI is InChI=1S/C43H80NO8P/c1-6-8-10-12-14-16-18-20-21-22-24-25-27-29-31-33-35-42(45)49-39-41(40-51-53(47,48)50-38-37-44(3,4)5)52-43(46)36-34-32-30-28-26-23-19-17-15-13-11-9-7-2/h21-23,26,30,32,41H,6-20,24-25,27-29,31,33-40H2,1-5H3/b22-21+,26-23+,32-30+. The molecule has 10 heteroatoms. The van der Waals surface area contributed by atoms with Crippen LogP contribution in [0.3, 0.4) is 0 Å². The van der Waals surface area contributed by atoms with Gasteiger partial charge < -0.3 is 27.9 Å². The molecular weight excluding hydrogens is 689 g/mol. The molecule has 0 rings (SSSR count). The van der Waals surface area contributed by atoms with Crippen molar-refractivity contribution in [2.75, 3.05) is 47.5 Å². The van der Waals surface area contributed by atoms with Crippen molar-refractivity contribution < 1.29 is 42.1 Å². The Morgan fingerprint density at radius 1 is 0.585 bits per heavy atom. The number of allylic oxidation sites excluding steroid dienone is 6. The number of phosphoric acid groups is 1. The third kappa shape index (κ3) is 39.7. The van der Waals surface area contributed by atoms with Crippen LogP contribution in [0.15, 0.2) is 36.5 Å². The Bertz CT molecular complexity index is 1010. The van der Waals surface area contributed by atoms with Gasteiger partial charge in [0.25, 0.3) is 7.82 Å². The van der Waals surface area contributed by atoms with E-state index in [2.05, 4.69) is 38.2 Å². The normalized spacial score (nSPS) is 14.0. The highest BCUT2D eigenvalue weighted by Crippen LogP contribution is 2.38. The summed E-state index contributed by atoms with van der Waals surface area (Å²) in [5.41, 5.74) is 0. The number of hydrogen-bond donors (Lipinski definition) is 0. The summed E-state index contributed by atoms with van der Waals surface area (Å²) in [6.07, 6.45) is 39.0. The highest BCUT2D eigenvalue weighted by molar-refractivity contribution is 7.45. The molecule has 53 heavy (non-hydrogen) atoms. The summed E-state index contributed by atoms with van der Waals surface area (Å²) in [6.45, 7) is 4.13. The molecule has 0 aliphatic heterocycles. The molecule has 9 nitrogen and oxygen atoms in total. The molecule has 0 aromatic heterocycles. The van der Waals surface area contributed by atoms with Crippen LogP contribution >= 0.6 is 7.82 Å². The van der Waals surface area contributed by atoms with Crippen molar-refractivity contribution in [3.05, 3.63) is 36.5 Å². The molecule has 0 aliphatic rings. The SMILES string of the molecule is CCCCCCCC/C=C/C/C=C/CCC(=O)OC(COC(=O)CCCCCCC/C=C/CCCCCCCCC)COP(=O)([O-])OCC[N+](C)(C)C. The van der Waals surface area contributed by atoms with Crippen LogP contribution in [-0.2, 0) is 32.7 Å². The van der Waals surface area contributed by atoms with Crippen LogP contribution < -0.4 is 4.89 Å². The number of hydrogen-bond acceptors (Lipinski definition) is 8. The summed E-state index contributed by atoms with van der Waals surface area (Å²) >= 11 is 0. The summed E-state index contributed by atoms with van der Waals surface area (Å²) < 4.78 is 33.7. The fraction of sp³-hybridized carbons (Fsp3) is 0.814. The van der Waals surface area contributed by atoms with E-state index >= 15 is 0 Å². The Morgan fingerprint density at radius 2 is 1.06 bits per heavy atom. The summed E-state index contributed by atoms with van der Waals surface area (Å²) in [6, 6.07) is 0. The predicted molar refractivity (Wildman–Crippen MR) is 217 cm³/mol. The zero-order chi connectivity index (χ0) is 39.3. The smallest absolute Gasteiger partial charge is 0.306 e. The van der Waals surface area contributed by atoms with Crippen LogP contribution in [0.2, 0.25) is 0 Å². The van der Waals surface area contributed by atoms with E-state index in [4.69, 9.17) is 18.5 Å². The molecule has 0 N–H and O–H groups in total.